The van der Waals surface area contributed by atoms with Gasteiger partial charge in [-0.1, -0.05) is 268 Å². The Hall–Kier alpha value is -1.73. The maximum absolute atomic E-state index is 12.6. The highest BCUT2D eigenvalue weighted by Crippen LogP contribution is 2.17. The van der Waals surface area contributed by atoms with Gasteiger partial charge in [-0.2, -0.15) is 0 Å². The van der Waals surface area contributed by atoms with Gasteiger partial charge in [-0.05, 0) is 89.9 Å². The second kappa shape index (κ2) is 56.2. The highest BCUT2D eigenvalue weighted by atomic mass is 16.3. The molecule has 68 heavy (non-hydrogen) atoms. The summed E-state index contributed by atoms with van der Waals surface area (Å²) in [4.78, 5) is 12.6. The molecular formula is C62H117NO5. The molecule has 0 aliphatic heterocycles. The summed E-state index contributed by atoms with van der Waals surface area (Å²) in [6.45, 7) is 4.06. The number of nitrogens with one attached hydrogen (secondary N) is 1. The summed E-state index contributed by atoms with van der Waals surface area (Å²) in [5, 5.41) is 44.0. The quantitative estimate of drug-likeness (QED) is 0.0308. The van der Waals surface area contributed by atoms with E-state index < -0.39 is 36.9 Å². The molecule has 6 nitrogen and oxygen atoms in total. The summed E-state index contributed by atoms with van der Waals surface area (Å²) in [6, 6.07) is -1.01. The summed E-state index contributed by atoms with van der Waals surface area (Å²) >= 11 is 0. The van der Waals surface area contributed by atoms with Gasteiger partial charge in [0.25, 0.3) is 0 Å². The zero-order valence-electron chi connectivity index (χ0n) is 45.4. The molecule has 0 heterocycles. The number of carbonyl (C=O) groups excluding carboxylic acids is 1. The molecule has 0 aliphatic carbocycles. The van der Waals surface area contributed by atoms with Crippen LogP contribution in [0, 0.1) is 0 Å². The smallest absolute Gasteiger partial charge is 0.249 e. The van der Waals surface area contributed by atoms with Crippen LogP contribution in [0.3, 0.4) is 0 Å². The summed E-state index contributed by atoms with van der Waals surface area (Å²) in [7, 11) is 0. The van der Waals surface area contributed by atoms with E-state index >= 15 is 0 Å². The zero-order valence-corrected chi connectivity index (χ0v) is 45.4. The van der Waals surface area contributed by atoms with E-state index in [2.05, 4.69) is 67.8 Å². The highest BCUT2D eigenvalue weighted by Gasteiger charge is 2.28. The van der Waals surface area contributed by atoms with Crippen molar-refractivity contribution >= 4 is 5.91 Å². The lowest BCUT2D eigenvalue weighted by molar-refractivity contribution is -0.132. The minimum absolute atomic E-state index is 0.359. The van der Waals surface area contributed by atoms with Crippen molar-refractivity contribution in [2.24, 2.45) is 0 Å². The Kier molecular flexibility index (Phi) is 54.8. The minimum Gasteiger partial charge on any atom is -0.394 e. The molecule has 0 bridgehead atoms. The number of amides is 1. The number of unbranched alkanes of at least 4 members (excludes halogenated alkanes) is 38. The Labute approximate surface area is 423 Å². The predicted octanol–water partition coefficient (Wildman–Crippen LogP) is 17.8. The molecule has 5 N–H and O–H groups in total. The van der Waals surface area contributed by atoms with E-state index in [9.17, 15) is 25.2 Å². The van der Waals surface area contributed by atoms with Crippen LogP contribution < -0.4 is 5.32 Å². The Morgan fingerprint density at radius 2 is 0.618 bits per heavy atom. The first kappa shape index (κ1) is 66.3. The predicted molar refractivity (Wildman–Crippen MR) is 297 cm³/mol. The molecule has 0 aromatic heterocycles. The van der Waals surface area contributed by atoms with Crippen LogP contribution in [-0.2, 0) is 4.79 Å². The number of hydrogen-bond acceptors (Lipinski definition) is 5. The normalized spacial score (nSPS) is 14.0. The van der Waals surface area contributed by atoms with Gasteiger partial charge in [-0.3, -0.25) is 4.79 Å². The van der Waals surface area contributed by atoms with Crippen molar-refractivity contribution in [2.45, 2.75) is 334 Å². The van der Waals surface area contributed by atoms with Gasteiger partial charge in [0.2, 0.25) is 5.91 Å². The van der Waals surface area contributed by atoms with Crippen LogP contribution in [0.4, 0.5) is 0 Å². The van der Waals surface area contributed by atoms with Crippen LogP contribution in [0.1, 0.15) is 309 Å². The van der Waals surface area contributed by atoms with Crippen molar-refractivity contribution in [2.75, 3.05) is 6.61 Å². The van der Waals surface area contributed by atoms with Gasteiger partial charge in [0.05, 0.1) is 18.8 Å². The fourth-order valence-corrected chi connectivity index (χ4v) is 9.26. The van der Waals surface area contributed by atoms with Crippen LogP contribution in [-0.4, -0.2) is 57.3 Å². The van der Waals surface area contributed by atoms with E-state index in [-0.39, 0.29) is 0 Å². The molecule has 6 heteroatoms. The van der Waals surface area contributed by atoms with E-state index in [0.717, 1.165) is 51.4 Å². The summed E-state index contributed by atoms with van der Waals surface area (Å²) in [6.07, 6.45) is 72.0. The molecule has 4 unspecified atom stereocenters. The Bertz CT molecular complexity index is 1120. The van der Waals surface area contributed by atoms with Crippen molar-refractivity contribution in [3.63, 3.8) is 0 Å². The number of carbonyl (C=O) groups is 1. The lowest BCUT2D eigenvalue weighted by Crippen LogP contribution is -2.53. The molecule has 4 atom stereocenters. The lowest BCUT2D eigenvalue weighted by atomic mass is 10.00. The first-order valence-corrected chi connectivity index (χ1v) is 30.0. The van der Waals surface area contributed by atoms with E-state index in [1.807, 2.05) is 0 Å². The van der Waals surface area contributed by atoms with Crippen LogP contribution >= 0.6 is 0 Å². The third-order valence-corrected chi connectivity index (χ3v) is 14.0. The molecule has 0 aromatic carbocycles. The maximum atomic E-state index is 12.6. The van der Waals surface area contributed by atoms with Crippen LogP contribution in [0.25, 0.3) is 0 Å². The summed E-state index contributed by atoms with van der Waals surface area (Å²) in [5.41, 5.74) is 0. The number of aliphatic hydroxyl groups excluding tert-OH is 4. The molecule has 0 saturated carbocycles. The summed E-state index contributed by atoms with van der Waals surface area (Å²) in [5.74, 6) is -0.596. The van der Waals surface area contributed by atoms with E-state index in [4.69, 9.17) is 0 Å². The minimum atomic E-state index is -1.29. The van der Waals surface area contributed by atoms with Gasteiger partial charge < -0.3 is 25.7 Å². The molecule has 0 spiro atoms. The van der Waals surface area contributed by atoms with E-state index in [1.165, 1.54) is 225 Å². The fraction of sp³-hybridized carbons (Fsp3) is 0.855. The first-order chi connectivity index (χ1) is 33.5. The average Bonchev–Trinajstić information content (AvgIpc) is 3.34. The van der Waals surface area contributed by atoms with E-state index in [0.29, 0.717) is 19.3 Å². The standard InChI is InChI=1S/C62H117NO5/c1-3-5-7-9-11-13-15-17-19-21-23-25-26-27-28-29-30-31-32-33-34-36-38-40-42-44-46-48-50-52-54-56-60(66)62(68)63-58(57-64)61(67)59(65)55-53-51-49-47-45-43-41-39-37-35-24-22-20-18-16-14-12-10-8-6-4-2/h22,24,27-28,39,41,47,49,58-61,64-67H,3-21,23,25-26,29-38,40,42-46,48,50-57H2,1-2H3,(H,63,68)/b24-22+,28-27-,41-39+,49-47+. The van der Waals surface area contributed by atoms with Crippen LogP contribution in [0.5, 0.6) is 0 Å². The van der Waals surface area contributed by atoms with Crippen molar-refractivity contribution in [3.05, 3.63) is 48.6 Å². The number of aliphatic hydroxyl groups is 4. The Morgan fingerprint density at radius 1 is 0.353 bits per heavy atom. The Balaban J connectivity index is 3.64. The largest absolute Gasteiger partial charge is 0.394 e. The third-order valence-electron chi connectivity index (χ3n) is 14.0. The van der Waals surface area contributed by atoms with Gasteiger partial charge in [0, 0.05) is 0 Å². The molecule has 0 aliphatic rings. The van der Waals surface area contributed by atoms with Crippen molar-refractivity contribution in [1.82, 2.24) is 5.32 Å². The number of hydrogen-bond donors (Lipinski definition) is 5. The zero-order chi connectivity index (χ0) is 49.5. The van der Waals surface area contributed by atoms with Gasteiger partial charge in [0.15, 0.2) is 0 Å². The highest BCUT2D eigenvalue weighted by molar-refractivity contribution is 5.80. The third kappa shape index (κ3) is 49.3. The van der Waals surface area contributed by atoms with Crippen LogP contribution in [0.15, 0.2) is 48.6 Å². The second-order valence-corrected chi connectivity index (χ2v) is 20.7. The lowest BCUT2D eigenvalue weighted by Gasteiger charge is -2.27. The molecule has 0 radical (unpaired) electrons. The molecule has 0 saturated heterocycles. The summed E-state index contributed by atoms with van der Waals surface area (Å²) < 4.78 is 0. The fourth-order valence-electron chi connectivity index (χ4n) is 9.26. The Morgan fingerprint density at radius 3 is 0.926 bits per heavy atom. The second-order valence-electron chi connectivity index (χ2n) is 20.7. The molecule has 400 valence electrons. The molecule has 0 fully saturated rings. The maximum Gasteiger partial charge on any atom is 0.249 e. The molecular weight excluding hydrogens is 839 g/mol. The monoisotopic (exact) mass is 956 g/mol. The van der Waals surface area contributed by atoms with E-state index in [1.54, 1.807) is 0 Å². The SMILES string of the molecule is CCCCCCCCCC/C=C/CC/C=C/CC/C=C/CCCC(O)C(O)C(CO)NC(=O)C(O)CCCCCCCCCCCCCCCCC/C=C\CCCCCCCCCCCCCC. The van der Waals surface area contributed by atoms with Gasteiger partial charge in [0.1, 0.15) is 12.2 Å². The van der Waals surface area contributed by atoms with Crippen LogP contribution in [0.2, 0.25) is 0 Å². The molecule has 1 amide bonds. The van der Waals surface area contributed by atoms with Gasteiger partial charge in [-0.25, -0.2) is 0 Å². The number of rotatable bonds is 55. The molecule has 0 aromatic rings. The van der Waals surface area contributed by atoms with Crippen molar-refractivity contribution < 1.29 is 25.2 Å². The van der Waals surface area contributed by atoms with Crippen molar-refractivity contribution in [3.8, 4) is 0 Å². The average molecular weight is 957 g/mol. The van der Waals surface area contributed by atoms with Gasteiger partial charge in [-0.15, -0.1) is 0 Å². The number of allylic oxidation sites excluding steroid dienone is 8. The molecule has 0 rings (SSSR count). The van der Waals surface area contributed by atoms with Gasteiger partial charge >= 0.3 is 0 Å². The first-order valence-electron chi connectivity index (χ1n) is 30.0. The topological polar surface area (TPSA) is 110 Å². The van der Waals surface area contributed by atoms with Crippen molar-refractivity contribution in [1.29, 1.82) is 0 Å².